The number of benzene rings is 8. The first kappa shape index (κ1) is 33.7. The van der Waals surface area contributed by atoms with E-state index in [2.05, 4.69) is 173 Å². The standard InChI is InChI=1S/C58H42N4/c1-2-10-42-36(9-1)17-21-47-56(42)59-33-60-57(47)62-53-16-8-5-13-46(53)49-31-38(19-24-55(49)62)37-18-23-54-48(30-37)45-12-4-7-15-52(45)61(54)41-20-22-44-43-11-3-6-14-50(43)58(51(44)32-41)39-26-34-25-35(28-39)29-40(58)27-34/h1-24,30-35,39-40H,25-29H2. The highest BCUT2D eigenvalue weighted by Gasteiger charge is 2.61. The molecule has 0 atom stereocenters. The van der Waals surface area contributed by atoms with E-state index in [4.69, 9.17) is 9.97 Å². The molecule has 294 valence electrons. The van der Waals surface area contributed by atoms with Crippen molar-refractivity contribution < 1.29 is 0 Å². The van der Waals surface area contributed by atoms with Crippen LogP contribution in [0.4, 0.5) is 0 Å². The number of nitrogens with zero attached hydrogens (tertiary/aromatic N) is 4. The van der Waals surface area contributed by atoms with E-state index >= 15 is 0 Å². The van der Waals surface area contributed by atoms with Gasteiger partial charge in [-0.2, -0.15) is 0 Å². The molecule has 0 radical (unpaired) electrons. The maximum Gasteiger partial charge on any atom is 0.148 e. The Bertz CT molecular complexity index is 3710. The van der Waals surface area contributed by atoms with Crippen LogP contribution in [0.5, 0.6) is 0 Å². The van der Waals surface area contributed by atoms with Gasteiger partial charge in [0.1, 0.15) is 12.1 Å². The van der Waals surface area contributed by atoms with Crippen molar-refractivity contribution in [1.29, 1.82) is 0 Å². The van der Waals surface area contributed by atoms with Gasteiger partial charge in [-0.25, -0.2) is 9.97 Å². The molecule has 4 saturated carbocycles. The van der Waals surface area contributed by atoms with Gasteiger partial charge < -0.3 is 4.57 Å². The maximum absolute atomic E-state index is 4.95. The normalized spacial score (nSPS) is 22.3. The van der Waals surface area contributed by atoms with Gasteiger partial charge in [-0.15, -0.1) is 0 Å². The molecule has 16 rings (SSSR count). The number of hydrogen-bond donors (Lipinski definition) is 0. The van der Waals surface area contributed by atoms with Crippen molar-refractivity contribution >= 4 is 65.3 Å². The summed E-state index contributed by atoms with van der Waals surface area (Å²) in [4.78, 5) is 9.75. The van der Waals surface area contributed by atoms with Gasteiger partial charge in [-0.3, -0.25) is 4.57 Å². The predicted octanol–water partition coefficient (Wildman–Crippen LogP) is 14.4. The van der Waals surface area contributed by atoms with Gasteiger partial charge in [0.05, 0.1) is 27.6 Å². The third kappa shape index (κ3) is 4.27. The van der Waals surface area contributed by atoms with E-state index in [0.717, 1.165) is 56.8 Å². The van der Waals surface area contributed by atoms with Crippen LogP contribution in [-0.4, -0.2) is 19.1 Å². The fourth-order valence-electron chi connectivity index (χ4n) is 14.1. The molecule has 0 N–H and O–H groups in total. The largest absolute Gasteiger partial charge is 0.309 e. The molecular formula is C58H42N4. The Hall–Kier alpha value is -7.04. The quantitative estimate of drug-likeness (QED) is 0.167. The van der Waals surface area contributed by atoms with E-state index in [1.54, 1.807) is 17.5 Å². The average molecular weight is 795 g/mol. The van der Waals surface area contributed by atoms with E-state index in [0.29, 0.717) is 0 Å². The third-order valence-corrected chi connectivity index (χ3v) is 16.2. The highest BCUT2D eigenvalue weighted by Crippen LogP contribution is 2.69. The van der Waals surface area contributed by atoms with Crippen LogP contribution < -0.4 is 0 Å². The van der Waals surface area contributed by atoms with E-state index in [-0.39, 0.29) is 5.41 Å². The average Bonchev–Trinajstić information content (AvgIpc) is 3.94. The van der Waals surface area contributed by atoms with Gasteiger partial charge in [0.2, 0.25) is 0 Å². The number of hydrogen-bond acceptors (Lipinski definition) is 2. The van der Waals surface area contributed by atoms with Crippen molar-refractivity contribution in [1.82, 2.24) is 19.1 Å². The van der Waals surface area contributed by atoms with Crippen LogP contribution in [0.2, 0.25) is 0 Å². The Morgan fingerprint density at radius 2 is 1.02 bits per heavy atom. The number of para-hydroxylation sites is 2. The lowest BCUT2D eigenvalue weighted by atomic mass is 9.43. The van der Waals surface area contributed by atoms with Crippen LogP contribution in [0.15, 0.2) is 170 Å². The molecule has 11 aromatic rings. The molecule has 0 aliphatic heterocycles. The summed E-state index contributed by atoms with van der Waals surface area (Å²) in [6.45, 7) is 0. The van der Waals surface area contributed by atoms with E-state index in [9.17, 15) is 0 Å². The molecule has 3 aromatic heterocycles. The molecular weight excluding hydrogens is 753 g/mol. The summed E-state index contributed by atoms with van der Waals surface area (Å²) >= 11 is 0. The minimum atomic E-state index is 0.137. The first-order valence-corrected chi connectivity index (χ1v) is 22.6. The van der Waals surface area contributed by atoms with Crippen LogP contribution >= 0.6 is 0 Å². The van der Waals surface area contributed by atoms with Gasteiger partial charge >= 0.3 is 0 Å². The van der Waals surface area contributed by atoms with Crippen LogP contribution in [0.25, 0.3) is 99.0 Å². The number of fused-ring (bicyclic) bond motifs is 12. The lowest BCUT2D eigenvalue weighted by Gasteiger charge is -2.61. The van der Waals surface area contributed by atoms with Crippen LogP contribution in [0, 0.1) is 23.7 Å². The Morgan fingerprint density at radius 3 is 1.76 bits per heavy atom. The van der Waals surface area contributed by atoms with Crippen LogP contribution in [-0.2, 0) is 5.41 Å². The highest BCUT2D eigenvalue weighted by molar-refractivity contribution is 6.14. The molecule has 5 aliphatic rings. The first-order valence-electron chi connectivity index (χ1n) is 22.6. The van der Waals surface area contributed by atoms with Crippen LogP contribution in [0.1, 0.15) is 43.2 Å². The second-order valence-electron chi connectivity index (χ2n) is 19.0. The highest BCUT2D eigenvalue weighted by atomic mass is 15.1. The molecule has 4 bridgehead atoms. The molecule has 4 heteroatoms. The van der Waals surface area contributed by atoms with Gasteiger partial charge in [-0.1, -0.05) is 109 Å². The summed E-state index contributed by atoms with van der Waals surface area (Å²) in [5, 5.41) is 8.37. The van der Waals surface area contributed by atoms with Gasteiger partial charge in [0.15, 0.2) is 0 Å². The number of aromatic nitrogens is 4. The van der Waals surface area contributed by atoms with Crippen LogP contribution in [0.3, 0.4) is 0 Å². The minimum Gasteiger partial charge on any atom is -0.309 e. The van der Waals surface area contributed by atoms with Crippen molar-refractivity contribution in [3.63, 3.8) is 0 Å². The zero-order chi connectivity index (χ0) is 40.3. The van der Waals surface area contributed by atoms with Gasteiger partial charge in [0, 0.05) is 43.4 Å². The first-order chi connectivity index (χ1) is 30.7. The maximum atomic E-state index is 4.95. The summed E-state index contributed by atoms with van der Waals surface area (Å²) in [6, 6.07) is 61.7. The fourth-order valence-corrected chi connectivity index (χ4v) is 14.1. The monoisotopic (exact) mass is 794 g/mol. The second kappa shape index (κ2) is 12.1. The molecule has 62 heavy (non-hydrogen) atoms. The van der Waals surface area contributed by atoms with E-state index < -0.39 is 0 Å². The van der Waals surface area contributed by atoms with Crippen molar-refractivity contribution in [2.24, 2.45) is 23.7 Å². The minimum absolute atomic E-state index is 0.137. The second-order valence-corrected chi connectivity index (χ2v) is 19.0. The summed E-state index contributed by atoms with van der Waals surface area (Å²) in [5.41, 5.74) is 15.8. The van der Waals surface area contributed by atoms with Gasteiger partial charge in [-0.05, 0) is 149 Å². The summed E-state index contributed by atoms with van der Waals surface area (Å²) in [6.07, 6.45) is 8.76. The smallest absolute Gasteiger partial charge is 0.148 e. The molecule has 0 saturated heterocycles. The van der Waals surface area contributed by atoms with Crippen molar-refractivity contribution in [2.75, 3.05) is 0 Å². The molecule has 4 nitrogen and oxygen atoms in total. The summed E-state index contributed by atoms with van der Waals surface area (Å²) in [5.74, 6) is 4.23. The Labute approximate surface area is 359 Å². The Balaban J connectivity index is 0.892. The lowest BCUT2D eigenvalue weighted by Crippen LogP contribution is -2.55. The molecule has 0 amide bonds. The predicted molar refractivity (Wildman–Crippen MR) is 254 cm³/mol. The SMILES string of the molecule is c1ccc2c(c1)-c1ccc(-n3c4ccccc4c4cc(-c5ccc6c(c5)c5ccccc5n6-c5ncnc6c5ccc5ccccc56)ccc43)cc1C21C2CC3CC(C2)CC1C3. The van der Waals surface area contributed by atoms with E-state index in [1.165, 1.54) is 98.0 Å². The Morgan fingerprint density at radius 1 is 0.419 bits per heavy atom. The third-order valence-electron chi connectivity index (χ3n) is 16.2. The topological polar surface area (TPSA) is 35.6 Å². The fraction of sp³-hybridized carbons (Fsp3) is 0.172. The number of rotatable bonds is 3. The lowest BCUT2D eigenvalue weighted by molar-refractivity contribution is -0.0399. The Kier molecular flexibility index (Phi) is 6.55. The molecule has 5 aliphatic carbocycles. The molecule has 0 unspecified atom stereocenters. The zero-order valence-electron chi connectivity index (χ0n) is 34.3. The van der Waals surface area contributed by atoms with Gasteiger partial charge in [0.25, 0.3) is 0 Å². The zero-order valence-corrected chi connectivity index (χ0v) is 34.3. The molecule has 8 aromatic carbocycles. The summed E-state index contributed by atoms with van der Waals surface area (Å²) in [7, 11) is 0. The van der Waals surface area contributed by atoms with Crippen molar-refractivity contribution in [3.05, 3.63) is 181 Å². The summed E-state index contributed by atoms with van der Waals surface area (Å²) < 4.78 is 4.88. The molecule has 3 heterocycles. The van der Waals surface area contributed by atoms with E-state index in [1.807, 2.05) is 0 Å². The van der Waals surface area contributed by atoms with Crippen molar-refractivity contribution in [3.8, 4) is 33.8 Å². The molecule has 4 fully saturated rings. The molecule has 1 spiro atoms. The van der Waals surface area contributed by atoms with Crippen molar-refractivity contribution in [2.45, 2.75) is 37.5 Å².